The van der Waals surface area contributed by atoms with Gasteiger partial charge in [-0.1, -0.05) is 0 Å². The molecule has 0 radical (unpaired) electrons. The van der Waals surface area contributed by atoms with E-state index in [0.29, 0.717) is 0 Å². The maximum absolute atomic E-state index is 12.4. The zero-order valence-corrected chi connectivity index (χ0v) is 11.8. The zero-order chi connectivity index (χ0) is 16.4. The largest absolute Gasteiger partial charge is 0.400 e. The van der Waals surface area contributed by atoms with Gasteiger partial charge in [-0.15, -0.1) is 0 Å². The molecule has 1 atom stereocenters. The van der Waals surface area contributed by atoms with Crippen LogP contribution in [0.1, 0.15) is 6.42 Å². The number of allylic oxidation sites excluding steroid dienone is 1. The molecule has 11 heteroatoms. The first-order valence-corrected chi connectivity index (χ1v) is 6.00. The van der Waals surface area contributed by atoms with Gasteiger partial charge in [0.05, 0.1) is 16.8 Å². The van der Waals surface area contributed by atoms with Crippen molar-refractivity contribution >= 4 is 5.78 Å². The minimum absolute atomic E-state index is 0.000671. The topological polar surface area (TPSA) is 233 Å². The lowest BCUT2D eigenvalue weighted by atomic mass is 9.80. The molecule has 1 rings (SSSR count). The molecule has 0 aromatic rings. The Labute approximate surface area is 121 Å². The van der Waals surface area contributed by atoms with Crippen LogP contribution in [-0.4, -0.2) is 30.8 Å². The number of Topliss-reactive ketones (excluding diaryl/α,β-unsaturated/α-hetero) is 1. The Hall–Kier alpha value is -1.73. The van der Waals surface area contributed by atoms with Crippen LogP contribution >= 0.6 is 0 Å². The van der Waals surface area contributed by atoms with E-state index in [-0.39, 0.29) is 35.6 Å². The van der Waals surface area contributed by atoms with E-state index in [4.69, 9.17) is 45.0 Å². The number of ether oxygens (including phenoxy) is 1. The van der Waals surface area contributed by atoms with E-state index in [1.807, 2.05) is 0 Å². The summed E-state index contributed by atoms with van der Waals surface area (Å²) in [6.07, 6.45) is 0.130. The van der Waals surface area contributed by atoms with Gasteiger partial charge < -0.3 is 27.7 Å². The second-order valence-electron chi connectivity index (χ2n) is 4.88. The monoisotopic (exact) mass is 301 g/mol. The van der Waals surface area contributed by atoms with Gasteiger partial charge in [-0.05, 0) is 0 Å². The fourth-order valence-corrected chi connectivity index (χ4v) is 1.98. The molecular weight excluding hydrogens is 278 g/mol. The number of carbonyl (C=O) groups is 1. The summed E-state index contributed by atoms with van der Waals surface area (Å²) >= 11 is 0. The zero-order valence-electron chi connectivity index (χ0n) is 11.8. The molecule has 0 spiro atoms. The highest BCUT2D eigenvalue weighted by molar-refractivity contribution is 6.05. The van der Waals surface area contributed by atoms with Gasteiger partial charge >= 0.3 is 0 Å². The Morgan fingerprint density at radius 2 is 1.95 bits per heavy atom. The van der Waals surface area contributed by atoms with Crippen molar-refractivity contribution in [2.24, 2.45) is 40.2 Å². The summed E-state index contributed by atoms with van der Waals surface area (Å²) < 4.78 is 4.74. The Morgan fingerprint density at radius 1 is 1.38 bits per heavy atom. The van der Waals surface area contributed by atoms with Crippen molar-refractivity contribution in [2.75, 3.05) is 13.7 Å². The molecule has 0 aliphatic heterocycles. The fourth-order valence-electron chi connectivity index (χ4n) is 1.98. The van der Waals surface area contributed by atoms with E-state index in [1.165, 1.54) is 7.11 Å². The molecule has 0 aromatic carbocycles. The molecule has 11 nitrogen and oxygen atoms in total. The van der Waals surface area contributed by atoms with Gasteiger partial charge in [0, 0.05) is 31.5 Å². The number of ketones is 1. The highest BCUT2D eigenvalue weighted by atomic mass is 16.5. The van der Waals surface area contributed by atoms with Crippen LogP contribution < -0.4 is 51.2 Å². The molecule has 120 valence electrons. The number of carbonyl (C=O) groups excluding carboxylic acids is 1. The third-order valence-corrected chi connectivity index (χ3v) is 3.35. The predicted molar refractivity (Wildman–Crippen MR) is 76.6 cm³/mol. The number of nitrogens with two attached hydrogens (primary N) is 7. The standard InChI is InChI=1S/C10H23N9O2/c1-21-10(15,16)8(20)5-6(12)4(11)2-9(14,7(5)13)3-18-19-17/h18-19H,2-3,11-17H2,1H3. The van der Waals surface area contributed by atoms with Crippen molar-refractivity contribution in [1.82, 2.24) is 11.0 Å². The molecule has 1 aliphatic carbocycles. The summed E-state index contributed by atoms with van der Waals surface area (Å²) in [7, 11) is 1.18. The fraction of sp³-hybridized carbons (Fsp3) is 0.500. The highest BCUT2D eigenvalue weighted by Gasteiger charge is 2.43. The van der Waals surface area contributed by atoms with E-state index in [1.54, 1.807) is 0 Å². The number of hydrogen-bond donors (Lipinski definition) is 9. The predicted octanol–water partition coefficient (Wildman–Crippen LogP) is -4.82. The highest BCUT2D eigenvalue weighted by Crippen LogP contribution is 2.30. The Bertz CT molecular complexity index is 499. The smallest absolute Gasteiger partial charge is 0.235 e. The van der Waals surface area contributed by atoms with Crippen molar-refractivity contribution in [3.05, 3.63) is 22.7 Å². The average molecular weight is 301 g/mol. The molecular formula is C10H23N9O2. The third-order valence-electron chi connectivity index (χ3n) is 3.35. The lowest BCUT2D eigenvalue weighted by molar-refractivity contribution is -0.135. The molecule has 0 heterocycles. The van der Waals surface area contributed by atoms with Crippen LogP contribution in [0.2, 0.25) is 0 Å². The summed E-state index contributed by atoms with van der Waals surface area (Å²) in [4.78, 5) is 12.4. The van der Waals surface area contributed by atoms with Gasteiger partial charge in [0.1, 0.15) is 0 Å². The number of methoxy groups -OCH3 is 1. The SMILES string of the molecule is COC(N)(N)C(=O)C1=C(N)C(N)(CNNN)CC(N)=C1N. The molecule has 1 aliphatic rings. The van der Waals surface area contributed by atoms with Crippen LogP contribution in [0.5, 0.6) is 0 Å². The van der Waals surface area contributed by atoms with Crippen molar-refractivity contribution in [3.8, 4) is 0 Å². The van der Waals surface area contributed by atoms with E-state index in [2.05, 4.69) is 11.0 Å². The van der Waals surface area contributed by atoms with Crippen LogP contribution in [0.25, 0.3) is 0 Å². The Kier molecular flexibility index (Phi) is 4.91. The number of hydrazine groups is 2. The van der Waals surface area contributed by atoms with Gasteiger partial charge in [0.15, 0.2) is 0 Å². The molecule has 21 heavy (non-hydrogen) atoms. The van der Waals surface area contributed by atoms with Gasteiger partial charge in [-0.2, -0.15) is 5.53 Å². The van der Waals surface area contributed by atoms with Gasteiger partial charge in [0.25, 0.3) is 0 Å². The van der Waals surface area contributed by atoms with Gasteiger partial charge in [-0.25, -0.2) is 5.43 Å². The summed E-state index contributed by atoms with van der Waals surface area (Å²) in [6, 6.07) is 0. The van der Waals surface area contributed by atoms with Crippen molar-refractivity contribution < 1.29 is 9.53 Å². The summed E-state index contributed by atoms with van der Waals surface area (Å²) in [5, 5.41) is 0. The molecule has 0 aromatic heterocycles. The maximum Gasteiger partial charge on any atom is 0.235 e. The second-order valence-corrected chi connectivity index (χ2v) is 4.88. The number of nitrogens with one attached hydrogen (secondary N) is 2. The third kappa shape index (κ3) is 3.14. The van der Waals surface area contributed by atoms with Crippen LogP contribution in [0.4, 0.5) is 0 Å². The number of hydrogen-bond acceptors (Lipinski definition) is 11. The van der Waals surface area contributed by atoms with Crippen LogP contribution in [0.15, 0.2) is 22.7 Å². The molecule has 0 saturated carbocycles. The summed E-state index contributed by atoms with van der Waals surface area (Å²) in [6.45, 7) is 0.0925. The summed E-state index contributed by atoms with van der Waals surface area (Å²) in [5.41, 5.74) is 38.6. The normalized spacial score (nSPS) is 23.7. The minimum Gasteiger partial charge on any atom is -0.400 e. The molecule has 16 N–H and O–H groups in total. The van der Waals surface area contributed by atoms with Crippen LogP contribution in [-0.2, 0) is 9.53 Å². The molecule has 1 unspecified atom stereocenters. The first kappa shape index (κ1) is 17.3. The first-order chi connectivity index (χ1) is 9.60. The number of rotatable bonds is 6. The van der Waals surface area contributed by atoms with Gasteiger partial charge in [-0.3, -0.25) is 22.1 Å². The lowest BCUT2D eigenvalue weighted by Gasteiger charge is -2.37. The maximum atomic E-state index is 12.4. The van der Waals surface area contributed by atoms with E-state index in [0.717, 1.165) is 0 Å². The van der Waals surface area contributed by atoms with Crippen molar-refractivity contribution in [2.45, 2.75) is 17.8 Å². The van der Waals surface area contributed by atoms with Crippen LogP contribution in [0.3, 0.4) is 0 Å². The summed E-state index contributed by atoms with van der Waals surface area (Å²) in [5.74, 6) is 2.21. The minimum atomic E-state index is -2.09. The van der Waals surface area contributed by atoms with Crippen LogP contribution in [0, 0.1) is 0 Å². The van der Waals surface area contributed by atoms with Crippen molar-refractivity contribution in [1.29, 1.82) is 0 Å². The first-order valence-electron chi connectivity index (χ1n) is 6.00. The van der Waals surface area contributed by atoms with E-state index < -0.39 is 17.2 Å². The Morgan fingerprint density at radius 3 is 2.43 bits per heavy atom. The Balaban J connectivity index is 3.35. The van der Waals surface area contributed by atoms with Crippen molar-refractivity contribution in [3.63, 3.8) is 0 Å². The molecule has 0 bridgehead atoms. The quantitative estimate of drug-likeness (QED) is 0.128. The molecule has 0 amide bonds. The van der Waals surface area contributed by atoms with Gasteiger partial charge in [0.2, 0.25) is 11.6 Å². The molecule has 0 fully saturated rings. The average Bonchev–Trinajstić information content (AvgIpc) is 2.43. The van der Waals surface area contributed by atoms with E-state index >= 15 is 0 Å². The molecule has 0 saturated heterocycles. The van der Waals surface area contributed by atoms with E-state index in [9.17, 15) is 4.79 Å². The lowest BCUT2D eigenvalue weighted by Crippen LogP contribution is -2.62. The second kappa shape index (κ2) is 5.95.